The van der Waals surface area contributed by atoms with Crippen LogP contribution >= 0.6 is 0 Å². The summed E-state index contributed by atoms with van der Waals surface area (Å²) in [6, 6.07) is 0. The van der Waals surface area contributed by atoms with E-state index in [0.717, 1.165) is 17.8 Å². The van der Waals surface area contributed by atoms with Gasteiger partial charge in [0.25, 0.3) is 0 Å². The number of allylic oxidation sites excluding steroid dienone is 4. The highest BCUT2D eigenvalue weighted by Crippen LogP contribution is 1.91. The van der Waals surface area contributed by atoms with Gasteiger partial charge in [-0.3, -0.25) is 0 Å². The van der Waals surface area contributed by atoms with Crippen molar-refractivity contribution in [2.24, 2.45) is 11.5 Å². The number of nitrogens with two attached hydrogens (primary N) is 2. The Hall–Kier alpha value is -0.920. The van der Waals surface area contributed by atoms with Gasteiger partial charge in [0.1, 0.15) is 0 Å². The average Bonchev–Trinajstić information content (AvgIpc) is 1.83. The second-order valence-corrected chi connectivity index (χ2v) is 2.01. The highest BCUT2D eigenvalue weighted by molar-refractivity contribution is 5.12. The minimum atomic E-state index is 0.784. The first-order chi connectivity index (χ1) is 4.16. The quantitative estimate of drug-likeness (QED) is 0.544. The predicted octanol–water partition coefficient (Wildman–Crippen LogP) is 1.10. The zero-order valence-corrected chi connectivity index (χ0v) is 6.02. The zero-order valence-electron chi connectivity index (χ0n) is 6.02. The fourth-order valence-electron chi connectivity index (χ4n) is 0.356. The van der Waals surface area contributed by atoms with Crippen LogP contribution in [0.4, 0.5) is 0 Å². The standard InChI is InChI=1S/C7H14N2/c1-3-7(9)5-4-6(2)8/h4-5H,3,8-9H2,1-2H3/b6-4-,7-5-. The van der Waals surface area contributed by atoms with E-state index in [1.54, 1.807) is 6.08 Å². The Balaban J connectivity index is 3.83. The molecule has 0 spiro atoms. The highest BCUT2D eigenvalue weighted by atomic mass is 14.6. The van der Waals surface area contributed by atoms with Gasteiger partial charge in [0.2, 0.25) is 0 Å². The molecule has 0 aliphatic heterocycles. The fourth-order valence-corrected chi connectivity index (χ4v) is 0.356. The maximum Gasteiger partial charge on any atom is 0.00783 e. The molecule has 2 heteroatoms. The van der Waals surface area contributed by atoms with Crippen molar-refractivity contribution in [1.82, 2.24) is 0 Å². The maximum absolute atomic E-state index is 5.48. The average molecular weight is 126 g/mol. The summed E-state index contributed by atoms with van der Waals surface area (Å²) in [7, 11) is 0. The molecule has 0 aromatic heterocycles. The first-order valence-electron chi connectivity index (χ1n) is 3.05. The summed E-state index contributed by atoms with van der Waals surface area (Å²) in [4.78, 5) is 0. The van der Waals surface area contributed by atoms with Gasteiger partial charge in [-0.2, -0.15) is 0 Å². The molecule has 0 unspecified atom stereocenters. The van der Waals surface area contributed by atoms with Crippen molar-refractivity contribution in [3.63, 3.8) is 0 Å². The number of rotatable bonds is 2. The summed E-state index contributed by atoms with van der Waals surface area (Å²) in [6.45, 7) is 3.84. The molecule has 9 heavy (non-hydrogen) atoms. The van der Waals surface area contributed by atoms with Crippen molar-refractivity contribution >= 4 is 0 Å². The minimum Gasteiger partial charge on any atom is -0.402 e. The lowest BCUT2D eigenvalue weighted by atomic mass is 10.3. The fraction of sp³-hybridized carbons (Fsp3) is 0.429. The van der Waals surface area contributed by atoms with Crippen molar-refractivity contribution in [1.29, 1.82) is 0 Å². The Labute approximate surface area is 56.2 Å². The normalized spacial score (nSPS) is 14.0. The largest absolute Gasteiger partial charge is 0.402 e. The van der Waals surface area contributed by atoms with Crippen molar-refractivity contribution in [3.8, 4) is 0 Å². The monoisotopic (exact) mass is 126 g/mol. The predicted molar refractivity (Wildman–Crippen MR) is 40.5 cm³/mol. The van der Waals surface area contributed by atoms with Crippen LogP contribution < -0.4 is 11.5 Å². The SMILES string of the molecule is CC/C(N)=C/C=C(/C)N. The van der Waals surface area contributed by atoms with E-state index in [0.29, 0.717) is 0 Å². The third kappa shape index (κ3) is 4.94. The second-order valence-electron chi connectivity index (χ2n) is 2.01. The molecule has 0 fully saturated rings. The molecule has 0 aromatic rings. The Bertz CT molecular complexity index is 130. The van der Waals surface area contributed by atoms with E-state index in [2.05, 4.69) is 0 Å². The van der Waals surface area contributed by atoms with E-state index in [1.165, 1.54) is 0 Å². The van der Waals surface area contributed by atoms with Crippen LogP contribution in [0.2, 0.25) is 0 Å². The number of hydrogen-bond donors (Lipinski definition) is 2. The van der Waals surface area contributed by atoms with Gasteiger partial charge in [-0.15, -0.1) is 0 Å². The van der Waals surface area contributed by atoms with Gasteiger partial charge in [0, 0.05) is 11.4 Å². The molecule has 2 nitrogen and oxygen atoms in total. The first kappa shape index (κ1) is 8.08. The van der Waals surface area contributed by atoms with Crippen LogP contribution in [0.25, 0.3) is 0 Å². The Morgan fingerprint density at radius 3 is 2.22 bits per heavy atom. The van der Waals surface area contributed by atoms with Gasteiger partial charge >= 0.3 is 0 Å². The Kier molecular flexibility index (Phi) is 3.60. The van der Waals surface area contributed by atoms with E-state index < -0.39 is 0 Å². The van der Waals surface area contributed by atoms with Crippen molar-refractivity contribution in [2.45, 2.75) is 20.3 Å². The summed E-state index contributed by atoms with van der Waals surface area (Å²) in [6.07, 6.45) is 4.51. The molecule has 0 rings (SSSR count). The van der Waals surface area contributed by atoms with Gasteiger partial charge in [-0.1, -0.05) is 6.92 Å². The van der Waals surface area contributed by atoms with Crippen LogP contribution in [0.3, 0.4) is 0 Å². The molecule has 0 aromatic carbocycles. The van der Waals surface area contributed by atoms with Gasteiger partial charge in [0.05, 0.1) is 0 Å². The van der Waals surface area contributed by atoms with Gasteiger partial charge in [-0.25, -0.2) is 0 Å². The Morgan fingerprint density at radius 1 is 1.33 bits per heavy atom. The molecule has 0 saturated heterocycles. The van der Waals surface area contributed by atoms with Crippen LogP contribution in [-0.2, 0) is 0 Å². The van der Waals surface area contributed by atoms with E-state index in [-0.39, 0.29) is 0 Å². The molecule has 4 N–H and O–H groups in total. The Morgan fingerprint density at radius 2 is 1.89 bits per heavy atom. The van der Waals surface area contributed by atoms with Crippen LogP contribution in [0.15, 0.2) is 23.5 Å². The summed E-state index contributed by atoms with van der Waals surface area (Å²) in [5.41, 5.74) is 12.5. The molecule has 0 atom stereocenters. The molecule has 0 saturated carbocycles. The second kappa shape index (κ2) is 4.01. The van der Waals surface area contributed by atoms with Gasteiger partial charge < -0.3 is 11.5 Å². The minimum absolute atomic E-state index is 0.784. The van der Waals surface area contributed by atoms with Gasteiger partial charge in [0.15, 0.2) is 0 Å². The molecule has 0 aliphatic rings. The third-order valence-electron chi connectivity index (χ3n) is 0.969. The smallest absolute Gasteiger partial charge is 0.00783 e. The molecule has 0 amide bonds. The van der Waals surface area contributed by atoms with Crippen molar-refractivity contribution in [3.05, 3.63) is 23.5 Å². The molecule has 52 valence electrons. The van der Waals surface area contributed by atoms with E-state index >= 15 is 0 Å². The molecule has 0 heterocycles. The molecule has 0 radical (unpaired) electrons. The van der Waals surface area contributed by atoms with Crippen molar-refractivity contribution in [2.75, 3.05) is 0 Å². The summed E-state index contributed by atoms with van der Waals surface area (Å²) in [5.74, 6) is 0. The van der Waals surface area contributed by atoms with Crippen molar-refractivity contribution < 1.29 is 0 Å². The zero-order chi connectivity index (χ0) is 7.28. The van der Waals surface area contributed by atoms with Crippen LogP contribution in [0.5, 0.6) is 0 Å². The van der Waals surface area contributed by atoms with E-state index in [9.17, 15) is 0 Å². The molecule has 0 bridgehead atoms. The lowest BCUT2D eigenvalue weighted by Gasteiger charge is -1.90. The highest BCUT2D eigenvalue weighted by Gasteiger charge is 1.79. The summed E-state index contributed by atoms with van der Waals surface area (Å²) >= 11 is 0. The van der Waals surface area contributed by atoms with E-state index in [1.807, 2.05) is 19.9 Å². The van der Waals surface area contributed by atoms with Crippen LogP contribution in [0, 0.1) is 0 Å². The summed E-state index contributed by atoms with van der Waals surface area (Å²) in [5, 5.41) is 0. The summed E-state index contributed by atoms with van der Waals surface area (Å²) < 4.78 is 0. The maximum atomic E-state index is 5.48. The first-order valence-corrected chi connectivity index (χ1v) is 3.05. The van der Waals surface area contributed by atoms with Crippen LogP contribution in [0.1, 0.15) is 20.3 Å². The lowest BCUT2D eigenvalue weighted by Crippen LogP contribution is -1.94. The van der Waals surface area contributed by atoms with Gasteiger partial charge in [-0.05, 0) is 25.5 Å². The molecular weight excluding hydrogens is 112 g/mol. The van der Waals surface area contributed by atoms with Crippen LogP contribution in [-0.4, -0.2) is 0 Å². The molecule has 0 aliphatic carbocycles. The lowest BCUT2D eigenvalue weighted by molar-refractivity contribution is 1.07. The number of hydrogen-bond acceptors (Lipinski definition) is 2. The van der Waals surface area contributed by atoms with E-state index in [4.69, 9.17) is 11.5 Å². The topological polar surface area (TPSA) is 52.0 Å². The third-order valence-corrected chi connectivity index (χ3v) is 0.969. The molecular formula is C7H14N2.